The van der Waals surface area contributed by atoms with Gasteiger partial charge in [-0.2, -0.15) is 0 Å². The topological polar surface area (TPSA) is 102 Å². The summed E-state index contributed by atoms with van der Waals surface area (Å²) in [5.41, 5.74) is 0. The molecule has 0 radical (unpaired) electrons. The fraction of sp³-hybridized carbons (Fsp3) is 0.929. The molecule has 1 atom stereocenters. The summed E-state index contributed by atoms with van der Waals surface area (Å²) in [5.74, 6) is 0.0132. The average Bonchev–Trinajstić information content (AvgIpc) is 3.12. The van der Waals surface area contributed by atoms with Crippen LogP contribution in [-0.4, -0.2) is 88.3 Å². The molecule has 8 nitrogen and oxygen atoms in total. The van der Waals surface area contributed by atoms with Crippen molar-refractivity contribution in [2.75, 3.05) is 53.7 Å². The minimum absolute atomic E-state index is 0.0132. The monoisotopic (exact) mass is 716 g/mol. The van der Waals surface area contributed by atoms with Crippen molar-refractivity contribution in [3.8, 4) is 0 Å². The van der Waals surface area contributed by atoms with Gasteiger partial charge in [0.15, 0.2) is 0 Å². The molecule has 0 heterocycles. The van der Waals surface area contributed by atoms with Gasteiger partial charge in [-0.05, 0) is 77.3 Å². The second-order valence-electron chi connectivity index (χ2n) is 13.6. The molecule has 8 heteroatoms. The van der Waals surface area contributed by atoms with Gasteiger partial charge in [-0.1, -0.05) is 111 Å². The first-order valence-electron chi connectivity index (χ1n) is 20.9. The summed E-state index contributed by atoms with van der Waals surface area (Å²) in [6, 6.07) is 0. The number of nitrogens with zero attached hydrogens (tertiary/aromatic N) is 1. The summed E-state index contributed by atoms with van der Waals surface area (Å²) in [7, 11) is 3.51. The van der Waals surface area contributed by atoms with Crippen molar-refractivity contribution in [2.24, 2.45) is 0 Å². The number of unbranched alkanes of at least 4 members (excludes halogenated alkanes) is 18. The van der Waals surface area contributed by atoms with Gasteiger partial charge in [-0.25, -0.2) is 0 Å². The van der Waals surface area contributed by atoms with Crippen LogP contribution in [0.2, 0.25) is 0 Å². The Labute approximate surface area is 310 Å². The fourth-order valence-electron chi connectivity index (χ4n) is 5.61. The summed E-state index contributed by atoms with van der Waals surface area (Å²) in [5, 5.41) is 9.27. The number of hydrogen-bond acceptors (Lipinski definition) is 8. The fourth-order valence-corrected chi connectivity index (χ4v) is 5.61. The van der Waals surface area contributed by atoms with Crippen molar-refractivity contribution < 1.29 is 33.7 Å². The molecule has 0 fully saturated rings. The number of ether oxygens (including phenoxy) is 3. The number of aliphatic hydroxyl groups is 1. The summed E-state index contributed by atoms with van der Waals surface area (Å²) in [6.45, 7) is 11.5. The molecule has 0 rings (SSSR count). The van der Waals surface area contributed by atoms with E-state index in [4.69, 9.17) is 14.2 Å². The molecule has 0 aliphatic rings. The number of carbonyl (C=O) groups is 3. The van der Waals surface area contributed by atoms with E-state index in [9.17, 15) is 19.5 Å². The first-order chi connectivity index (χ1) is 24.5. The van der Waals surface area contributed by atoms with Crippen LogP contribution in [0.15, 0.2) is 0 Å². The molecule has 0 aromatic heterocycles. The smallest absolute Gasteiger partial charge is 0.306 e. The van der Waals surface area contributed by atoms with Gasteiger partial charge in [0, 0.05) is 53.2 Å². The lowest BCUT2D eigenvalue weighted by atomic mass is 10.0. The van der Waals surface area contributed by atoms with E-state index < -0.39 is 0 Å². The van der Waals surface area contributed by atoms with Gasteiger partial charge in [0.2, 0.25) is 0 Å². The van der Waals surface area contributed by atoms with Crippen molar-refractivity contribution in [1.29, 1.82) is 0 Å². The second kappa shape index (κ2) is 49.8. The van der Waals surface area contributed by atoms with Crippen LogP contribution in [0.3, 0.4) is 0 Å². The summed E-state index contributed by atoms with van der Waals surface area (Å²) in [4.78, 5) is 33.9. The van der Waals surface area contributed by atoms with E-state index in [2.05, 4.69) is 25.7 Å². The standard InChI is InChI=1S/C29H59NO4.C8H18O.C5H8O2/c1-4-6-8-11-15-21-28(20-14-9-7-5-2)34-29(32)22-16-12-10-13-17-23-30(25-26-31)24-18-19-27-33-3;1-3-4-5-6-7-8-9-2;6-4-2-1-3-5-7/h28,31H,4-27H2,1-3H3;3-8H2,1-2H3;4-5H,1-3H2. The molecule has 0 saturated heterocycles. The van der Waals surface area contributed by atoms with E-state index >= 15 is 0 Å². The van der Waals surface area contributed by atoms with Gasteiger partial charge in [-0.3, -0.25) is 4.79 Å². The van der Waals surface area contributed by atoms with E-state index in [1.54, 1.807) is 14.2 Å². The molecule has 0 aromatic rings. The molecule has 300 valence electrons. The molecule has 0 bridgehead atoms. The van der Waals surface area contributed by atoms with Crippen LogP contribution in [0.4, 0.5) is 0 Å². The zero-order valence-corrected chi connectivity index (χ0v) is 33.9. The highest BCUT2D eigenvalue weighted by Crippen LogP contribution is 2.17. The van der Waals surface area contributed by atoms with Gasteiger partial charge < -0.3 is 33.8 Å². The highest BCUT2D eigenvalue weighted by molar-refractivity contribution is 5.69. The van der Waals surface area contributed by atoms with Gasteiger partial charge in [0.05, 0.1) is 6.61 Å². The van der Waals surface area contributed by atoms with E-state index in [0.717, 1.165) is 90.4 Å². The Morgan fingerprint density at radius 1 is 0.560 bits per heavy atom. The van der Waals surface area contributed by atoms with Gasteiger partial charge >= 0.3 is 5.97 Å². The Hall–Kier alpha value is -1.35. The lowest BCUT2D eigenvalue weighted by molar-refractivity contribution is -0.150. The Kier molecular flexibility index (Phi) is 52.8. The van der Waals surface area contributed by atoms with Crippen LogP contribution in [-0.2, 0) is 28.6 Å². The predicted octanol–water partition coefficient (Wildman–Crippen LogP) is 10.4. The molecule has 0 aliphatic carbocycles. The second-order valence-corrected chi connectivity index (χ2v) is 13.6. The van der Waals surface area contributed by atoms with Crippen LogP contribution in [0.1, 0.15) is 194 Å². The molecule has 1 N–H and O–H groups in total. The van der Waals surface area contributed by atoms with Crippen molar-refractivity contribution in [3.05, 3.63) is 0 Å². The molecule has 0 saturated carbocycles. The van der Waals surface area contributed by atoms with Gasteiger partial charge in [-0.15, -0.1) is 0 Å². The maximum absolute atomic E-state index is 12.4. The maximum atomic E-state index is 12.4. The van der Waals surface area contributed by atoms with E-state index in [1.165, 1.54) is 103 Å². The zero-order valence-electron chi connectivity index (χ0n) is 33.9. The summed E-state index contributed by atoms with van der Waals surface area (Å²) in [6.07, 6.45) is 31.8. The molecule has 0 aliphatic heterocycles. The largest absolute Gasteiger partial charge is 0.462 e. The Morgan fingerprint density at radius 3 is 1.48 bits per heavy atom. The van der Waals surface area contributed by atoms with Crippen LogP contribution in [0, 0.1) is 0 Å². The number of methoxy groups -OCH3 is 2. The number of aldehydes is 2. The minimum atomic E-state index is 0.0132. The predicted molar refractivity (Wildman–Crippen MR) is 211 cm³/mol. The first-order valence-corrected chi connectivity index (χ1v) is 20.9. The molecule has 0 aromatic carbocycles. The van der Waals surface area contributed by atoms with Crippen LogP contribution in [0.5, 0.6) is 0 Å². The number of esters is 1. The third kappa shape index (κ3) is 48.8. The quantitative estimate of drug-likeness (QED) is 0.0385. The van der Waals surface area contributed by atoms with Crippen molar-refractivity contribution in [2.45, 2.75) is 200 Å². The Bertz CT molecular complexity index is 636. The third-order valence-electron chi connectivity index (χ3n) is 8.75. The lowest BCUT2D eigenvalue weighted by Crippen LogP contribution is -2.29. The van der Waals surface area contributed by atoms with Crippen molar-refractivity contribution in [1.82, 2.24) is 4.90 Å². The molecular formula is C42H85NO7. The maximum Gasteiger partial charge on any atom is 0.306 e. The van der Waals surface area contributed by atoms with E-state index in [1.807, 2.05) is 0 Å². The van der Waals surface area contributed by atoms with E-state index in [-0.39, 0.29) is 18.7 Å². The molecule has 1 unspecified atom stereocenters. The third-order valence-corrected chi connectivity index (χ3v) is 8.75. The minimum Gasteiger partial charge on any atom is -0.462 e. The Morgan fingerprint density at radius 2 is 0.980 bits per heavy atom. The SMILES string of the molecule is CCCCCCCC(CCCCCC)OC(=O)CCCCCCCN(CCO)CCCCOC.CCCCCCCOC.O=CCCCC=O. The van der Waals surface area contributed by atoms with Gasteiger partial charge in [0.25, 0.3) is 0 Å². The molecule has 0 spiro atoms. The van der Waals surface area contributed by atoms with Gasteiger partial charge in [0.1, 0.15) is 18.7 Å². The zero-order chi connectivity index (χ0) is 37.6. The van der Waals surface area contributed by atoms with Crippen molar-refractivity contribution in [3.63, 3.8) is 0 Å². The van der Waals surface area contributed by atoms with E-state index in [0.29, 0.717) is 25.7 Å². The van der Waals surface area contributed by atoms with Crippen LogP contribution >= 0.6 is 0 Å². The molecule has 50 heavy (non-hydrogen) atoms. The number of carbonyl (C=O) groups excluding carboxylic acids is 3. The lowest BCUT2D eigenvalue weighted by Gasteiger charge is -2.21. The summed E-state index contributed by atoms with van der Waals surface area (Å²) < 4.78 is 15.9. The first kappa shape index (κ1) is 53.0. The molecular weight excluding hydrogens is 630 g/mol. The Balaban J connectivity index is -0.00000113. The molecule has 0 amide bonds. The number of rotatable bonds is 37. The number of hydrogen-bond donors (Lipinski definition) is 1. The number of aliphatic hydroxyl groups excluding tert-OH is 1. The van der Waals surface area contributed by atoms with Crippen LogP contribution < -0.4 is 0 Å². The highest BCUT2D eigenvalue weighted by Gasteiger charge is 2.14. The normalized spacial score (nSPS) is 11.3. The van der Waals surface area contributed by atoms with Crippen molar-refractivity contribution >= 4 is 18.5 Å². The summed E-state index contributed by atoms with van der Waals surface area (Å²) >= 11 is 0. The highest BCUT2D eigenvalue weighted by atomic mass is 16.5. The average molecular weight is 716 g/mol. The van der Waals surface area contributed by atoms with Crippen LogP contribution in [0.25, 0.3) is 0 Å².